The topological polar surface area (TPSA) is 84.7 Å². The molecule has 33 heavy (non-hydrogen) atoms. The van der Waals surface area contributed by atoms with Gasteiger partial charge in [-0.05, 0) is 50.7 Å². The van der Waals surface area contributed by atoms with E-state index in [9.17, 15) is 22.0 Å². The Morgan fingerprint density at radius 2 is 1.58 bits per heavy atom. The van der Waals surface area contributed by atoms with E-state index in [0.717, 1.165) is 48.6 Å². The Balaban J connectivity index is 1.46. The molecule has 1 aromatic heterocycles. The summed E-state index contributed by atoms with van der Waals surface area (Å²) >= 11 is 0. The molecule has 11 heteroatoms. The number of hydrogen-bond acceptors (Lipinski definition) is 6. The molecule has 0 spiro atoms. The van der Waals surface area contributed by atoms with Gasteiger partial charge in [0.05, 0.1) is 23.2 Å². The van der Waals surface area contributed by atoms with E-state index in [2.05, 4.69) is 5.10 Å². The molecule has 1 aliphatic heterocycles. The van der Waals surface area contributed by atoms with Crippen LogP contribution in [0.15, 0.2) is 29.2 Å². The fraction of sp³-hybridized carbons (Fsp3) is 0.545. The first-order chi connectivity index (χ1) is 15.8. The molecule has 2 heterocycles. The number of piperazine rings is 1. The lowest BCUT2D eigenvalue weighted by molar-refractivity contribution is 0.205. The Bertz CT molecular complexity index is 1180. The second-order valence-electron chi connectivity index (χ2n) is 8.86. The van der Waals surface area contributed by atoms with Crippen LogP contribution in [0.4, 0.5) is 14.5 Å². The molecule has 3 fully saturated rings. The molecule has 0 bridgehead atoms. The highest BCUT2D eigenvalue weighted by Crippen LogP contribution is 2.33. The minimum atomic E-state index is -3.26. The number of ether oxygens (including phenoxy) is 1. The van der Waals surface area contributed by atoms with Crippen LogP contribution in [0.25, 0.3) is 5.69 Å². The lowest BCUT2D eigenvalue weighted by Crippen LogP contribution is -2.50. The molecule has 2 aromatic rings. The summed E-state index contributed by atoms with van der Waals surface area (Å²) in [7, 11) is -3.26. The summed E-state index contributed by atoms with van der Waals surface area (Å²) in [5, 5.41) is 3.90. The predicted octanol–water partition coefficient (Wildman–Crippen LogP) is 2.45. The van der Waals surface area contributed by atoms with Gasteiger partial charge in [-0.3, -0.25) is 4.79 Å². The van der Waals surface area contributed by atoms with Crippen LogP contribution in [0.2, 0.25) is 0 Å². The van der Waals surface area contributed by atoms with Crippen molar-refractivity contribution in [3.05, 3.63) is 46.4 Å². The molecule has 5 rings (SSSR count). The molecule has 1 aromatic carbocycles. The number of aromatic nitrogens is 2. The molecule has 0 amide bonds. The van der Waals surface area contributed by atoms with Gasteiger partial charge in [0.25, 0.3) is 0 Å². The first-order valence-corrected chi connectivity index (χ1v) is 12.8. The van der Waals surface area contributed by atoms with E-state index in [-0.39, 0.29) is 22.8 Å². The highest BCUT2D eigenvalue weighted by Gasteiger charge is 2.41. The summed E-state index contributed by atoms with van der Waals surface area (Å²) in [6.45, 7) is 1.43. The molecule has 1 saturated heterocycles. The van der Waals surface area contributed by atoms with Gasteiger partial charge in [0.1, 0.15) is 17.3 Å². The van der Waals surface area contributed by atoms with E-state index in [1.165, 1.54) is 10.5 Å². The van der Waals surface area contributed by atoms with E-state index in [1.54, 1.807) is 0 Å². The van der Waals surface area contributed by atoms with Gasteiger partial charge in [-0.25, -0.2) is 17.2 Å². The lowest BCUT2D eigenvalue weighted by Gasteiger charge is -2.36. The summed E-state index contributed by atoms with van der Waals surface area (Å²) < 4.78 is 61.2. The van der Waals surface area contributed by atoms with E-state index < -0.39 is 27.2 Å². The van der Waals surface area contributed by atoms with E-state index in [4.69, 9.17) is 4.74 Å². The largest absolute Gasteiger partial charge is 0.483 e. The highest BCUT2D eigenvalue weighted by atomic mass is 32.2. The van der Waals surface area contributed by atoms with Crippen LogP contribution in [-0.2, 0) is 10.0 Å². The average molecular weight is 481 g/mol. The summed E-state index contributed by atoms with van der Waals surface area (Å²) in [4.78, 5) is 15.3. The van der Waals surface area contributed by atoms with Gasteiger partial charge in [0, 0.05) is 32.2 Å². The average Bonchev–Trinajstić information content (AvgIpc) is 3.53. The van der Waals surface area contributed by atoms with Crippen molar-refractivity contribution in [1.29, 1.82) is 0 Å². The molecule has 0 atom stereocenters. The molecule has 2 aliphatic carbocycles. The second-order valence-corrected chi connectivity index (χ2v) is 11.1. The van der Waals surface area contributed by atoms with Crippen LogP contribution >= 0.6 is 0 Å². The van der Waals surface area contributed by atoms with Gasteiger partial charge in [0.2, 0.25) is 15.8 Å². The fourth-order valence-electron chi connectivity index (χ4n) is 4.54. The quantitative estimate of drug-likeness (QED) is 0.632. The zero-order valence-corrected chi connectivity index (χ0v) is 18.9. The number of benzene rings is 1. The standard InChI is InChI=1S/C22H26F2N4O4S/c23-15-11-16(24)13-17(12-15)28-22(29)21(32-18-3-1-2-4-18)20(14-25-28)26-7-9-27(10-8-26)33(30,31)19-5-6-19/h11-14,18-19H,1-10H2. The second kappa shape index (κ2) is 8.68. The smallest absolute Gasteiger partial charge is 0.316 e. The summed E-state index contributed by atoms with van der Waals surface area (Å²) in [6, 6.07) is 2.81. The molecular formula is C22H26F2N4O4S. The van der Waals surface area contributed by atoms with Crippen molar-refractivity contribution in [2.75, 3.05) is 31.1 Å². The van der Waals surface area contributed by atoms with Gasteiger partial charge in [0.15, 0.2) is 0 Å². The third-order valence-corrected chi connectivity index (χ3v) is 8.88. The van der Waals surface area contributed by atoms with Crippen molar-refractivity contribution in [3.8, 4) is 11.4 Å². The molecule has 3 aliphatic rings. The maximum atomic E-state index is 13.8. The Hall–Kier alpha value is -2.53. The number of nitrogens with zero attached hydrogens (tertiary/aromatic N) is 4. The van der Waals surface area contributed by atoms with Gasteiger partial charge >= 0.3 is 5.56 Å². The first kappa shape index (κ1) is 22.3. The lowest BCUT2D eigenvalue weighted by atomic mass is 10.2. The maximum absolute atomic E-state index is 13.8. The number of hydrogen-bond donors (Lipinski definition) is 0. The number of anilines is 1. The highest BCUT2D eigenvalue weighted by molar-refractivity contribution is 7.90. The zero-order chi connectivity index (χ0) is 23.2. The predicted molar refractivity (Wildman–Crippen MR) is 118 cm³/mol. The SMILES string of the molecule is O=c1c(OC2CCCC2)c(N2CCN(S(=O)(=O)C3CC3)CC2)cnn1-c1cc(F)cc(F)c1. The fourth-order valence-corrected chi connectivity index (χ4v) is 6.37. The normalized spacial score (nSPS) is 20.4. The monoisotopic (exact) mass is 480 g/mol. The Labute approximate surface area is 190 Å². The molecule has 0 unspecified atom stereocenters. The number of halogens is 2. The molecule has 0 N–H and O–H groups in total. The first-order valence-electron chi connectivity index (χ1n) is 11.3. The summed E-state index contributed by atoms with van der Waals surface area (Å²) in [5.41, 5.74) is -0.151. The molecule has 178 valence electrons. The van der Waals surface area contributed by atoms with Crippen LogP contribution in [-0.4, -0.2) is 60.0 Å². The van der Waals surface area contributed by atoms with Crippen LogP contribution < -0.4 is 15.2 Å². The minimum Gasteiger partial charge on any atom is -0.483 e. The van der Waals surface area contributed by atoms with Crippen LogP contribution in [0.3, 0.4) is 0 Å². The zero-order valence-electron chi connectivity index (χ0n) is 18.1. The summed E-state index contributed by atoms with van der Waals surface area (Å²) in [6.07, 6.45) is 6.42. The van der Waals surface area contributed by atoms with Crippen molar-refractivity contribution in [3.63, 3.8) is 0 Å². The molecule has 8 nitrogen and oxygen atoms in total. The van der Waals surface area contributed by atoms with Crippen LogP contribution in [0, 0.1) is 11.6 Å². The number of sulfonamides is 1. The third kappa shape index (κ3) is 4.48. The minimum absolute atomic E-state index is 0.0272. The summed E-state index contributed by atoms with van der Waals surface area (Å²) in [5.74, 6) is -1.54. The van der Waals surface area contributed by atoms with Crippen molar-refractivity contribution < 1.29 is 21.9 Å². The van der Waals surface area contributed by atoms with Crippen molar-refractivity contribution in [1.82, 2.24) is 14.1 Å². The van der Waals surface area contributed by atoms with Gasteiger partial charge in [-0.15, -0.1) is 0 Å². The van der Waals surface area contributed by atoms with E-state index in [0.29, 0.717) is 44.7 Å². The van der Waals surface area contributed by atoms with Gasteiger partial charge in [-0.1, -0.05) is 0 Å². The van der Waals surface area contributed by atoms with Crippen LogP contribution in [0.1, 0.15) is 38.5 Å². The maximum Gasteiger partial charge on any atom is 0.316 e. The van der Waals surface area contributed by atoms with Crippen LogP contribution in [0.5, 0.6) is 5.75 Å². The number of rotatable bonds is 6. The van der Waals surface area contributed by atoms with E-state index in [1.807, 2.05) is 4.90 Å². The Morgan fingerprint density at radius 3 is 2.18 bits per heavy atom. The van der Waals surface area contributed by atoms with Gasteiger partial charge in [-0.2, -0.15) is 14.1 Å². The molecule has 2 saturated carbocycles. The Kier molecular flexibility index (Phi) is 5.86. The van der Waals surface area contributed by atoms with Crippen molar-refractivity contribution in [2.45, 2.75) is 49.9 Å². The van der Waals surface area contributed by atoms with Gasteiger partial charge < -0.3 is 9.64 Å². The van der Waals surface area contributed by atoms with E-state index >= 15 is 0 Å². The van der Waals surface area contributed by atoms with Crippen molar-refractivity contribution >= 4 is 15.7 Å². The molecule has 0 radical (unpaired) electrons. The molecular weight excluding hydrogens is 454 g/mol. The third-order valence-electron chi connectivity index (χ3n) is 6.48. The Morgan fingerprint density at radius 1 is 0.939 bits per heavy atom. The van der Waals surface area contributed by atoms with Crippen molar-refractivity contribution in [2.24, 2.45) is 0 Å².